The zero-order valence-electron chi connectivity index (χ0n) is 18.8. The summed E-state index contributed by atoms with van der Waals surface area (Å²) in [6.07, 6.45) is 18.3. The second kappa shape index (κ2) is 9.04. The average molecular weight is 420 g/mol. The van der Waals surface area contributed by atoms with Gasteiger partial charge in [-0.3, -0.25) is 4.79 Å². The number of methoxy groups -OCH3 is 1. The molecule has 5 heteroatoms. The van der Waals surface area contributed by atoms with Crippen molar-refractivity contribution < 1.29 is 9.53 Å². The van der Waals surface area contributed by atoms with E-state index < -0.39 is 0 Å². The molecule has 3 aliphatic heterocycles. The number of piperidine rings is 1. The lowest BCUT2D eigenvalue weighted by atomic mass is 9.81. The van der Waals surface area contributed by atoms with Crippen molar-refractivity contribution in [3.8, 4) is 5.75 Å². The molecule has 3 aliphatic rings. The molecular weight excluding hydrogens is 386 g/mol. The topological polar surface area (TPSA) is 44.8 Å². The predicted octanol–water partition coefficient (Wildman–Crippen LogP) is 4.68. The van der Waals surface area contributed by atoms with Gasteiger partial charge in [0.25, 0.3) is 5.91 Å². The van der Waals surface area contributed by atoms with Crippen LogP contribution in [-0.4, -0.2) is 41.4 Å². The quantitative estimate of drug-likeness (QED) is 0.756. The number of allylic oxidation sites excluding steroid dienone is 4. The fourth-order valence-electron chi connectivity index (χ4n) is 4.53. The van der Waals surface area contributed by atoms with Crippen LogP contribution in [0.25, 0.3) is 0 Å². The van der Waals surface area contributed by atoms with Crippen LogP contribution in [0.2, 0.25) is 0 Å². The Labute approximate surface area is 185 Å². The summed E-state index contributed by atoms with van der Waals surface area (Å²) in [4.78, 5) is 17.3. The number of carbonyl (C=O) groups is 1. The summed E-state index contributed by atoms with van der Waals surface area (Å²) >= 11 is 0. The Hall–Kier alpha value is -2.95. The van der Waals surface area contributed by atoms with Crippen LogP contribution in [0.15, 0.2) is 72.9 Å². The maximum absolute atomic E-state index is 13.1. The average Bonchev–Trinajstić information content (AvgIpc) is 2.82. The SMILES string of the molecule is COc1ccc(C(=O)N2CCC3(CC2)N/C=C/C(C)C(C)/C=C/N2C=CCC=C23)cc1. The number of ether oxygens (including phenoxy) is 1. The highest BCUT2D eigenvalue weighted by molar-refractivity contribution is 5.94. The fraction of sp³-hybridized carbons (Fsp3) is 0.423. The number of carbonyl (C=O) groups excluding carboxylic acids is 1. The van der Waals surface area contributed by atoms with Gasteiger partial charge in [0.15, 0.2) is 0 Å². The minimum Gasteiger partial charge on any atom is -0.497 e. The molecule has 1 spiro atoms. The zero-order chi connectivity index (χ0) is 21.8. The van der Waals surface area contributed by atoms with E-state index in [0.29, 0.717) is 17.4 Å². The fourth-order valence-corrected chi connectivity index (χ4v) is 4.53. The van der Waals surface area contributed by atoms with Crippen molar-refractivity contribution in [2.75, 3.05) is 20.2 Å². The molecule has 0 aromatic heterocycles. The van der Waals surface area contributed by atoms with E-state index in [4.69, 9.17) is 4.74 Å². The van der Waals surface area contributed by atoms with Gasteiger partial charge in [-0.15, -0.1) is 0 Å². The molecule has 2 unspecified atom stereocenters. The summed E-state index contributed by atoms with van der Waals surface area (Å²) < 4.78 is 5.21. The van der Waals surface area contributed by atoms with Gasteiger partial charge in [0.1, 0.15) is 5.75 Å². The van der Waals surface area contributed by atoms with Crippen molar-refractivity contribution >= 4 is 5.91 Å². The van der Waals surface area contributed by atoms with Crippen molar-refractivity contribution in [1.29, 1.82) is 0 Å². The van der Waals surface area contributed by atoms with E-state index in [9.17, 15) is 4.79 Å². The van der Waals surface area contributed by atoms with Gasteiger partial charge in [0.2, 0.25) is 0 Å². The number of benzene rings is 1. The van der Waals surface area contributed by atoms with Crippen molar-refractivity contribution in [2.45, 2.75) is 38.6 Å². The third kappa shape index (κ3) is 4.41. The Balaban J connectivity index is 1.54. The first-order valence-corrected chi connectivity index (χ1v) is 11.2. The second-order valence-electron chi connectivity index (χ2n) is 8.78. The molecule has 3 heterocycles. The van der Waals surface area contributed by atoms with Crippen LogP contribution in [0.1, 0.15) is 43.5 Å². The van der Waals surface area contributed by atoms with Gasteiger partial charge in [-0.1, -0.05) is 38.2 Å². The third-order valence-electron chi connectivity index (χ3n) is 6.86. The molecular formula is C26H33N3O2. The predicted molar refractivity (Wildman–Crippen MR) is 124 cm³/mol. The molecule has 31 heavy (non-hydrogen) atoms. The van der Waals surface area contributed by atoms with E-state index in [2.05, 4.69) is 67.0 Å². The van der Waals surface area contributed by atoms with Gasteiger partial charge in [-0.25, -0.2) is 0 Å². The number of nitrogens with one attached hydrogen (secondary N) is 1. The number of rotatable bonds is 2. The minimum atomic E-state index is -0.178. The van der Waals surface area contributed by atoms with Crippen LogP contribution in [0.4, 0.5) is 0 Å². The third-order valence-corrected chi connectivity index (χ3v) is 6.86. The van der Waals surface area contributed by atoms with Crippen LogP contribution < -0.4 is 10.1 Å². The largest absolute Gasteiger partial charge is 0.497 e. The van der Waals surface area contributed by atoms with Gasteiger partial charge in [0.05, 0.1) is 12.6 Å². The van der Waals surface area contributed by atoms with Crippen molar-refractivity contribution in [2.24, 2.45) is 11.8 Å². The zero-order valence-corrected chi connectivity index (χ0v) is 18.8. The van der Waals surface area contributed by atoms with Gasteiger partial charge in [-0.05, 0) is 61.6 Å². The number of fused-ring (bicyclic) bond motifs is 2. The lowest BCUT2D eigenvalue weighted by Crippen LogP contribution is -2.56. The summed E-state index contributed by atoms with van der Waals surface area (Å²) in [6, 6.07) is 7.38. The van der Waals surface area contributed by atoms with E-state index in [1.165, 1.54) is 5.70 Å². The number of hydrogen-bond donors (Lipinski definition) is 1. The second-order valence-corrected chi connectivity index (χ2v) is 8.78. The van der Waals surface area contributed by atoms with E-state index in [0.717, 1.165) is 38.1 Å². The molecule has 1 amide bonds. The number of amides is 1. The van der Waals surface area contributed by atoms with Crippen LogP contribution >= 0.6 is 0 Å². The lowest BCUT2D eigenvalue weighted by Gasteiger charge is -2.46. The van der Waals surface area contributed by atoms with Crippen molar-refractivity contribution in [3.05, 3.63) is 78.4 Å². The standard InChI is InChI=1S/C26H33N3O2/c1-20-11-15-27-26(24-6-4-5-16-28(24)17-12-21(20)2)13-18-29(19-14-26)25(30)22-7-9-23(31-3)10-8-22/h5-12,15-17,20-21,27H,4,13-14,18-19H2,1-3H3/b15-11+,17-12+. The van der Waals surface area contributed by atoms with Gasteiger partial charge in [-0.2, -0.15) is 0 Å². The van der Waals surface area contributed by atoms with Crippen LogP contribution in [0.5, 0.6) is 5.75 Å². The molecule has 1 aromatic carbocycles. The molecule has 0 aliphatic carbocycles. The Morgan fingerprint density at radius 3 is 2.48 bits per heavy atom. The summed E-state index contributed by atoms with van der Waals surface area (Å²) in [5, 5.41) is 3.76. The first-order valence-electron chi connectivity index (χ1n) is 11.2. The highest BCUT2D eigenvalue weighted by atomic mass is 16.5. The molecule has 1 aromatic rings. The van der Waals surface area contributed by atoms with Gasteiger partial charge >= 0.3 is 0 Å². The minimum absolute atomic E-state index is 0.0876. The van der Waals surface area contributed by atoms with Crippen LogP contribution in [-0.2, 0) is 0 Å². The number of likely N-dealkylation sites (tertiary alicyclic amines) is 1. The Bertz CT molecular complexity index is 905. The lowest BCUT2D eigenvalue weighted by molar-refractivity contribution is 0.0664. The summed E-state index contributed by atoms with van der Waals surface area (Å²) in [5.74, 6) is 1.77. The van der Waals surface area contributed by atoms with E-state index in [-0.39, 0.29) is 11.4 Å². The number of nitrogens with zero attached hydrogens (tertiary/aromatic N) is 2. The first kappa shape index (κ1) is 21.3. The summed E-state index contributed by atoms with van der Waals surface area (Å²) in [5.41, 5.74) is 1.82. The van der Waals surface area contributed by atoms with Crippen molar-refractivity contribution in [3.63, 3.8) is 0 Å². The first-order chi connectivity index (χ1) is 15.0. The summed E-state index contributed by atoms with van der Waals surface area (Å²) in [6.45, 7) is 5.94. The highest BCUT2D eigenvalue weighted by Gasteiger charge is 2.40. The maximum atomic E-state index is 13.1. The Morgan fingerprint density at radius 1 is 1.06 bits per heavy atom. The smallest absolute Gasteiger partial charge is 0.253 e. The van der Waals surface area contributed by atoms with Crippen molar-refractivity contribution in [1.82, 2.24) is 15.1 Å². The van der Waals surface area contributed by atoms with Crippen LogP contribution in [0, 0.1) is 11.8 Å². The molecule has 1 fully saturated rings. The molecule has 0 saturated carbocycles. The van der Waals surface area contributed by atoms with Gasteiger partial charge < -0.3 is 19.9 Å². The van der Waals surface area contributed by atoms with Crippen LogP contribution in [0.3, 0.4) is 0 Å². The highest BCUT2D eigenvalue weighted by Crippen LogP contribution is 2.36. The molecule has 0 radical (unpaired) electrons. The molecule has 1 N–H and O–H groups in total. The molecule has 1 saturated heterocycles. The Morgan fingerprint density at radius 2 is 1.77 bits per heavy atom. The number of hydrogen-bond acceptors (Lipinski definition) is 4. The van der Waals surface area contributed by atoms with Gasteiger partial charge in [0, 0.05) is 36.7 Å². The molecule has 164 valence electrons. The van der Waals surface area contributed by atoms with E-state index >= 15 is 0 Å². The molecule has 2 atom stereocenters. The Kier molecular flexibility index (Phi) is 6.21. The monoisotopic (exact) mass is 419 g/mol. The molecule has 0 bridgehead atoms. The normalized spacial score (nSPS) is 27.0. The molecule has 5 nitrogen and oxygen atoms in total. The maximum Gasteiger partial charge on any atom is 0.253 e. The van der Waals surface area contributed by atoms with E-state index in [1.54, 1.807) is 7.11 Å². The summed E-state index contributed by atoms with van der Waals surface area (Å²) in [7, 11) is 1.64. The van der Waals surface area contributed by atoms with E-state index in [1.807, 2.05) is 29.2 Å². The molecule has 4 rings (SSSR count).